The van der Waals surface area contributed by atoms with Crippen LogP contribution in [0.4, 0.5) is 9.52 Å². The lowest BCUT2D eigenvalue weighted by Gasteiger charge is -2.13. The Kier molecular flexibility index (Phi) is 4.40. The van der Waals surface area contributed by atoms with Gasteiger partial charge in [0, 0.05) is 23.2 Å². The number of thiazole rings is 1. The average Bonchev–Trinajstić information content (AvgIpc) is 3.22. The maximum atomic E-state index is 13.6. The fraction of sp³-hybridized carbons (Fsp3) is 0.250. The first-order valence-electron chi connectivity index (χ1n) is 9.26. The van der Waals surface area contributed by atoms with Gasteiger partial charge in [-0.1, -0.05) is 22.9 Å². The molecule has 0 bridgehead atoms. The van der Waals surface area contributed by atoms with E-state index in [-0.39, 0.29) is 16.6 Å². The van der Waals surface area contributed by atoms with Gasteiger partial charge in [-0.3, -0.25) is 4.79 Å². The van der Waals surface area contributed by atoms with Crippen LogP contribution in [-0.4, -0.2) is 19.5 Å². The number of rotatable bonds is 5. The van der Waals surface area contributed by atoms with Crippen molar-refractivity contribution in [2.24, 2.45) is 0 Å². The van der Waals surface area contributed by atoms with Crippen LogP contribution in [0.1, 0.15) is 37.4 Å². The van der Waals surface area contributed by atoms with Crippen LogP contribution in [-0.2, 0) is 0 Å². The molecule has 0 spiro atoms. The summed E-state index contributed by atoms with van der Waals surface area (Å²) in [5, 5.41) is 4.70. The van der Waals surface area contributed by atoms with E-state index in [0.717, 1.165) is 10.6 Å². The lowest BCUT2D eigenvalue weighted by molar-refractivity contribution is 0.629. The summed E-state index contributed by atoms with van der Waals surface area (Å²) in [6, 6.07) is 4.72. The Bertz CT molecular complexity index is 1280. The van der Waals surface area contributed by atoms with E-state index in [0.29, 0.717) is 27.6 Å². The number of nitrogens with zero attached hydrogens (tertiary/aromatic N) is 3. The number of nitrogens with one attached hydrogen (secondary N) is 2. The minimum Gasteiger partial charge on any atom is -0.355 e. The van der Waals surface area contributed by atoms with Gasteiger partial charge in [-0.25, -0.2) is 14.4 Å². The van der Waals surface area contributed by atoms with E-state index < -0.39 is 5.82 Å². The largest absolute Gasteiger partial charge is 0.355 e. The van der Waals surface area contributed by atoms with Crippen LogP contribution >= 0.6 is 22.9 Å². The minimum atomic E-state index is -0.561. The summed E-state index contributed by atoms with van der Waals surface area (Å²) in [5.41, 5.74) is 1.73. The fourth-order valence-electron chi connectivity index (χ4n) is 3.40. The van der Waals surface area contributed by atoms with E-state index in [2.05, 4.69) is 24.8 Å². The molecule has 1 aliphatic carbocycles. The second-order valence-electron chi connectivity index (χ2n) is 7.22. The molecule has 9 heteroatoms. The van der Waals surface area contributed by atoms with Gasteiger partial charge in [0.2, 0.25) is 0 Å². The van der Waals surface area contributed by atoms with E-state index in [1.165, 1.54) is 36.3 Å². The Labute approximate surface area is 174 Å². The van der Waals surface area contributed by atoms with Crippen molar-refractivity contribution < 1.29 is 4.39 Å². The van der Waals surface area contributed by atoms with E-state index in [4.69, 9.17) is 11.6 Å². The first-order chi connectivity index (χ1) is 14.0. The van der Waals surface area contributed by atoms with Gasteiger partial charge in [0.25, 0.3) is 5.56 Å². The number of benzene rings is 1. The number of aromatic nitrogens is 4. The average molecular weight is 430 g/mol. The first-order valence-corrected chi connectivity index (χ1v) is 10.5. The summed E-state index contributed by atoms with van der Waals surface area (Å²) >= 11 is 7.40. The summed E-state index contributed by atoms with van der Waals surface area (Å²) < 4.78 is 15.8. The van der Waals surface area contributed by atoms with Crippen molar-refractivity contribution in [3.05, 3.63) is 63.7 Å². The maximum Gasteiger partial charge on any atom is 0.253 e. The number of halogens is 2. The standard InChI is InChI=1S/C20H17ClFN5OS/c1-10(13-4-11-5-14(21)15(22)6-16(11)26-19(13)28)25-20-24-8-18(29-20)17-7-23-9-27(17)12-2-3-12/h4-10,12H,2-3H2,1H3,(H,24,25)(H,26,28). The molecule has 1 atom stereocenters. The summed E-state index contributed by atoms with van der Waals surface area (Å²) in [6.45, 7) is 1.89. The summed E-state index contributed by atoms with van der Waals surface area (Å²) in [7, 11) is 0. The third-order valence-electron chi connectivity index (χ3n) is 5.08. The van der Waals surface area contributed by atoms with E-state index >= 15 is 0 Å². The summed E-state index contributed by atoms with van der Waals surface area (Å²) in [6.07, 6.45) is 7.91. The van der Waals surface area contributed by atoms with Crippen LogP contribution < -0.4 is 10.9 Å². The second kappa shape index (κ2) is 6.96. The van der Waals surface area contributed by atoms with Gasteiger partial charge < -0.3 is 14.9 Å². The number of hydrogen-bond donors (Lipinski definition) is 2. The fourth-order valence-corrected chi connectivity index (χ4v) is 4.49. The zero-order valence-electron chi connectivity index (χ0n) is 15.4. The summed E-state index contributed by atoms with van der Waals surface area (Å²) in [5.74, 6) is -0.561. The van der Waals surface area contributed by atoms with Gasteiger partial charge in [-0.2, -0.15) is 0 Å². The van der Waals surface area contributed by atoms with E-state index in [1.54, 1.807) is 6.07 Å². The third kappa shape index (κ3) is 3.42. The summed E-state index contributed by atoms with van der Waals surface area (Å²) in [4.78, 5) is 25.0. The number of H-pyrrole nitrogens is 1. The van der Waals surface area contributed by atoms with Gasteiger partial charge in [-0.15, -0.1) is 0 Å². The Balaban J connectivity index is 1.42. The number of hydrogen-bond acceptors (Lipinski definition) is 5. The molecular weight excluding hydrogens is 413 g/mol. The molecule has 0 saturated heterocycles. The monoisotopic (exact) mass is 429 g/mol. The molecule has 0 aliphatic heterocycles. The van der Waals surface area contributed by atoms with Gasteiger partial charge in [0.05, 0.1) is 39.7 Å². The highest BCUT2D eigenvalue weighted by Gasteiger charge is 2.26. The second-order valence-corrected chi connectivity index (χ2v) is 8.66. The van der Waals surface area contributed by atoms with Gasteiger partial charge in [0.15, 0.2) is 5.13 Å². The smallest absolute Gasteiger partial charge is 0.253 e. The lowest BCUT2D eigenvalue weighted by atomic mass is 10.1. The van der Waals surface area contributed by atoms with Crippen LogP contribution in [0.3, 0.4) is 0 Å². The molecular formula is C20H17ClFN5OS. The molecule has 1 fully saturated rings. The van der Waals surface area contributed by atoms with Gasteiger partial charge in [0.1, 0.15) is 5.82 Å². The molecule has 2 N–H and O–H groups in total. The molecule has 3 aromatic heterocycles. The minimum absolute atomic E-state index is 0.0213. The van der Waals surface area contributed by atoms with Crippen molar-refractivity contribution >= 4 is 39.0 Å². The first kappa shape index (κ1) is 18.3. The van der Waals surface area contributed by atoms with Crippen molar-refractivity contribution in [3.8, 4) is 10.6 Å². The molecule has 5 rings (SSSR count). The van der Waals surface area contributed by atoms with Crippen LogP contribution in [0.2, 0.25) is 5.02 Å². The molecule has 3 heterocycles. The van der Waals surface area contributed by atoms with Crippen LogP contribution in [0.5, 0.6) is 0 Å². The number of pyridine rings is 1. The van der Waals surface area contributed by atoms with E-state index in [9.17, 15) is 9.18 Å². The van der Waals surface area contributed by atoms with Crippen molar-refractivity contribution in [3.63, 3.8) is 0 Å². The molecule has 1 aromatic carbocycles. The highest BCUT2D eigenvalue weighted by Crippen LogP contribution is 2.40. The highest BCUT2D eigenvalue weighted by atomic mass is 35.5. The predicted octanol–water partition coefficient (Wildman–Crippen LogP) is 5.15. The zero-order chi connectivity index (χ0) is 20.1. The molecule has 0 amide bonds. The molecule has 1 aliphatic rings. The van der Waals surface area contributed by atoms with Crippen LogP contribution in [0.15, 0.2) is 41.7 Å². The molecule has 1 saturated carbocycles. The molecule has 4 aromatic rings. The Morgan fingerprint density at radius 2 is 2.17 bits per heavy atom. The number of imidazole rings is 1. The SMILES string of the molecule is CC(Nc1ncc(-c2cncn2C2CC2)s1)c1cc2cc(Cl)c(F)cc2[nH]c1=O. The normalized spacial score (nSPS) is 15.0. The number of fused-ring (bicyclic) bond motifs is 1. The highest BCUT2D eigenvalue weighted by molar-refractivity contribution is 7.18. The Hall–Kier alpha value is -2.71. The predicted molar refractivity (Wildman–Crippen MR) is 113 cm³/mol. The maximum absolute atomic E-state index is 13.6. The van der Waals surface area contributed by atoms with Crippen molar-refractivity contribution in [2.45, 2.75) is 31.8 Å². The van der Waals surface area contributed by atoms with E-state index in [1.807, 2.05) is 25.6 Å². The van der Waals surface area contributed by atoms with Crippen molar-refractivity contribution in [1.82, 2.24) is 19.5 Å². The zero-order valence-corrected chi connectivity index (χ0v) is 17.0. The quantitative estimate of drug-likeness (QED) is 0.460. The van der Waals surface area contributed by atoms with Crippen molar-refractivity contribution in [1.29, 1.82) is 0 Å². The lowest BCUT2D eigenvalue weighted by Crippen LogP contribution is -2.19. The Morgan fingerprint density at radius 3 is 2.97 bits per heavy atom. The van der Waals surface area contributed by atoms with Crippen molar-refractivity contribution in [2.75, 3.05) is 5.32 Å². The number of aromatic amines is 1. The topological polar surface area (TPSA) is 75.6 Å². The molecule has 29 heavy (non-hydrogen) atoms. The van der Waals surface area contributed by atoms with Gasteiger partial charge >= 0.3 is 0 Å². The number of anilines is 1. The molecule has 6 nitrogen and oxygen atoms in total. The van der Waals surface area contributed by atoms with Crippen LogP contribution in [0.25, 0.3) is 21.5 Å². The van der Waals surface area contributed by atoms with Crippen LogP contribution in [0, 0.1) is 5.82 Å². The molecule has 1 unspecified atom stereocenters. The van der Waals surface area contributed by atoms with Gasteiger partial charge in [-0.05, 0) is 38.0 Å². The molecule has 148 valence electrons. The third-order valence-corrected chi connectivity index (χ3v) is 6.33. The Morgan fingerprint density at radius 1 is 1.34 bits per heavy atom. The molecule has 0 radical (unpaired) electrons.